The molecule has 0 radical (unpaired) electrons. The molecule has 2 atom stereocenters. The quantitative estimate of drug-likeness (QED) is 0.833. The smallest absolute Gasteiger partial charge is 0.254 e. The van der Waals surface area contributed by atoms with E-state index >= 15 is 0 Å². The summed E-state index contributed by atoms with van der Waals surface area (Å²) < 4.78 is 1.58. The highest BCUT2D eigenvalue weighted by atomic mass is 16.3. The molecule has 7 heteroatoms. The van der Waals surface area contributed by atoms with E-state index in [1.165, 1.54) is 12.5 Å². The van der Waals surface area contributed by atoms with Crippen molar-refractivity contribution in [3.05, 3.63) is 23.8 Å². The molecule has 0 bridgehead atoms. The first-order valence-electron chi connectivity index (χ1n) is 6.69. The van der Waals surface area contributed by atoms with Gasteiger partial charge in [0.2, 0.25) is 0 Å². The normalized spacial score (nSPS) is 14.2. The van der Waals surface area contributed by atoms with Crippen molar-refractivity contribution < 1.29 is 9.90 Å². The highest BCUT2D eigenvalue weighted by molar-refractivity contribution is 5.95. The highest BCUT2D eigenvalue weighted by Gasteiger charge is 2.17. The molecule has 2 heterocycles. The summed E-state index contributed by atoms with van der Waals surface area (Å²) in [6.07, 6.45) is 3.64. The Hall–Kier alpha value is -2.02. The third-order valence-electron chi connectivity index (χ3n) is 3.06. The summed E-state index contributed by atoms with van der Waals surface area (Å²) in [5.74, 6) is 0.273. The molecule has 0 aliphatic carbocycles. The Morgan fingerprint density at radius 2 is 2.20 bits per heavy atom. The molecular formula is C13H19N5O2. The molecular weight excluding hydrogens is 258 g/mol. The van der Waals surface area contributed by atoms with Crippen molar-refractivity contribution in [1.29, 1.82) is 0 Å². The Kier molecular flexibility index (Phi) is 4.29. The number of nitrogens with zero attached hydrogens (tertiary/aromatic N) is 4. The lowest BCUT2D eigenvalue weighted by molar-refractivity contribution is 0.0921. The number of aliphatic hydroxyl groups is 1. The largest absolute Gasteiger partial charge is 0.393 e. The molecule has 108 valence electrons. The predicted octanol–water partition coefficient (Wildman–Crippen LogP) is 0.576. The third-order valence-corrected chi connectivity index (χ3v) is 3.06. The van der Waals surface area contributed by atoms with Crippen LogP contribution in [0.15, 0.2) is 12.5 Å². The number of aliphatic hydroxyl groups excluding tert-OH is 1. The topological polar surface area (TPSA) is 92.4 Å². The monoisotopic (exact) mass is 277 g/mol. The van der Waals surface area contributed by atoms with Crippen LogP contribution in [0.3, 0.4) is 0 Å². The fourth-order valence-electron chi connectivity index (χ4n) is 2.23. The molecule has 2 rings (SSSR count). The Morgan fingerprint density at radius 3 is 2.85 bits per heavy atom. The van der Waals surface area contributed by atoms with Crippen LogP contribution in [0.5, 0.6) is 0 Å². The van der Waals surface area contributed by atoms with E-state index in [1.807, 2.05) is 13.8 Å². The zero-order chi connectivity index (χ0) is 14.7. The van der Waals surface area contributed by atoms with Crippen LogP contribution in [-0.4, -0.2) is 42.7 Å². The van der Waals surface area contributed by atoms with E-state index < -0.39 is 6.10 Å². The van der Waals surface area contributed by atoms with Crippen molar-refractivity contribution in [2.45, 2.75) is 45.8 Å². The van der Waals surface area contributed by atoms with Gasteiger partial charge in [-0.15, -0.1) is 0 Å². The minimum atomic E-state index is -0.452. The molecule has 2 aromatic rings. The van der Waals surface area contributed by atoms with E-state index in [0.717, 1.165) is 5.69 Å². The lowest BCUT2D eigenvalue weighted by Gasteiger charge is -2.16. The number of carbonyl (C=O) groups is 1. The fourth-order valence-corrected chi connectivity index (χ4v) is 2.23. The van der Waals surface area contributed by atoms with Crippen LogP contribution < -0.4 is 5.32 Å². The zero-order valence-electron chi connectivity index (χ0n) is 11.9. The molecule has 2 N–H and O–H groups in total. The van der Waals surface area contributed by atoms with Crippen LogP contribution in [0.1, 0.15) is 43.2 Å². The van der Waals surface area contributed by atoms with E-state index in [0.29, 0.717) is 24.2 Å². The van der Waals surface area contributed by atoms with Gasteiger partial charge in [0.25, 0.3) is 11.7 Å². The molecule has 0 saturated heterocycles. The van der Waals surface area contributed by atoms with Gasteiger partial charge in [0.1, 0.15) is 6.33 Å². The number of rotatable bonds is 5. The number of hydrogen-bond acceptors (Lipinski definition) is 5. The molecule has 0 fully saturated rings. The third kappa shape index (κ3) is 2.93. The van der Waals surface area contributed by atoms with Crippen molar-refractivity contribution in [2.75, 3.05) is 0 Å². The Morgan fingerprint density at radius 1 is 1.45 bits per heavy atom. The average Bonchev–Trinajstić information content (AvgIpc) is 2.84. The predicted molar refractivity (Wildman–Crippen MR) is 73.4 cm³/mol. The van der Waals surface area contributed by atoms with Gasteiger partial charge in [-0.3, -0.25) is 4.79 Å². The van der Waals surface area contributed by atoms with Crippen LogP contribution in [0.4, 0.5) is 0 Å². The number of amides is 1. The molecule has 0 aliphatic rings. The summed E-state index contributed by atoms with van der Waals surface area (Å²) in [5, 5.41) is 16.3. The minimum absolute atomic E-state index is 0.112. The van der Waals surface area contributed by atoms with E-state index in [1.54, 1.807) is 11.4 Å². The highest BCUT2D eigenvalue weighted by Crippen LogP contribution is 2.10. The van der Waals surface area contributed by atoms with Crippen LogP contribution in [-0.2, 0) is 6.42 Å². The molecule has 7 nitrogen and oxygen atoms in total. The van der Waals surface area contributed by atoms with Crippen molar-refractivity contribution in [1.82, 2.24) is 24.9 Å². The van der Waals surface area contributed by atoms with Gasteiger partial charge in [-0.2, -0.15) is 10.1 Å². The maximum atomic E-state index is 12.3. The SMILES string of the molecule is CCc1c(C(=O)NC(C)CC(C)O)cnc2ncnn12. The second-order valence-corrected chi connectivity index (χ2v) is 4.90. The molecule has 1 amide bonds. The van der Waals surface area contributed by atoms with Crippen LogP contribution in [0.2, 0.25) is 0 Å². The van der Waals surface area contributed by atoms with E-state index in [2.05, 4.69) is 20.4 Å². The number of nitrogens with one attached hydrogen (secondary N) is 1. The summed E-state index contributed by atoms with van der Waals surface area (Å²) in [5.41, 5.74) is 1.26. The summed E-state index contributed by atoms with van der Waals surface area (Å²) in [6.45, 7) is 5.51. The molecule has 2 unspecified atom stereocenters. The molecule has 0 saturated carbocycles. The van der Waals surface area contributed by atoms with Gasteiger partial charge in [-0.1, -0.05) is 6.92 Å². The number of carbonyl (C=O) groups excluding carboxylic acids is 1. The molecule has 0 aliphatic heterocycles. The van der Waals surface area contributed by atoms with Crippen molar-refractivity contribution in [2.24, 2.45) is 0 Å². The number of hydrogen-bond donors (Lipinski definition) is 2. The van der Waals surface area contributed by atoms with Gasteiger partial charge >= 0.3 is 0 Å². The first kappa shape index (κ1) is 14.4. The first-order chi connectivity index (χ1) is 9.52. The molecule has 20 heavy (non-hydrogen) atoms. The van der Waals surface area contributed by atoms with E-state index in [4.69, 9.17) is 0 Å². The second kappa shape index (κ2) is 5.96. The van der Waals surface area contributed by atoms with Gasteiger partial charge < -0.3 is 10.4 Å². The number of aromatic nitrogens is 4. The second-order valence-electron chi connectivity index (χ2n) is 4.90. The summed E-state index contributed by atoms with van der Waals surface area (Å²) in [4.78, 5) is 20.4. The minimum Gasteiger partial charge on any atom is -0.393 e. The van der Waals surface area contributed by atoms with Crippen molar-refractivity contribution >= 4 is 11.7 Å². The van der Waals surface area contributed by atoms with E-state index in [9.17, 15) is 9.90 Å². The summed E-state index contributed by atoms with van der Waals surface area (Å²) >= 11 is 0. The van der Waals surface area contributed by atoms with Crippen LogP contribution >= 0.6 is 0 Å². The van der Waals surface area contributed by atoms with Gasteiger partial charge in [-0.05, 0) is 26.7 Å². The standard InChI is InChI=1S/C13H19N5O2/c1-4-11-10(6-14-13-15-7-16-18(11)13)12(20)17-8(2)5-9(3)19/h6-9,19H,4-5H2,1-3H3,(H,17,20). The van der Waals surface area contributed by atoms with Crippen LogP contribution in [0.25, 0.3) is 5.78 Å². The lowest BCUT2D eigenvalue weighted by Crippen LogP contribution is -2.35. The van der Waals surface area contributed by atoms with Crippen LogP contribution in [0, 0.1) is 0 Å². The molecule has 0 aromatic carbocycles. The lowest BCUT2D eigenvalue weighted by atomic mass is 10.1. The Balaban J connectivity index is 2.25. The first-order valence-corrected chi connectivity index (χ1v) is 6.69. The maximum absolute atomic E-state index is 12.3. The summed E-state index contributed by atoms with van der Waals surface area (Å²) in [6, 6.07) is -0.112. The number of fused-ring (bicyclic) bond motifs is 1. The molecule has 2 aromatic heterocycles. The summed E-state index contributed by atoms with van der Waals surface area (Å²) in [7, 11) is 0. The fraction of sp³-hybridized carbons (Fsp3) is 0.538. The van der Waals surface area contributed by atoms with Gasteiger partial charge in [0, 0.05) is 12.2 Å². The zero-order valence-corrected chi connectivity index (χ0v) is 11.9. The van der Waals surface area contributed by atoms with Crippen molar-refractivity contribution in [3.63, 3.8) is 0 Å². The Bertz CT molecular complexity index is 608. The van der Waals surface area contributed by atoms with Crippen molar-refractivity contribution in [3.8, 4) is 0 Å². The number of aryl methyl sites for hydroxylation is 1. The molecule has 0 spiro atoms. The van der Waals surface area contributed by atoms with E-state index in [-0.39, 0.29) is 11.9 Å². The van der Waals surface area contributed by atoms with Gasteiger partial charge in [-0.25, -0.2) is 9.50 Å². The maximum Gasteiger partial charge on any atom is 0.254 e. The van der Waals surface area contributed by atoms with Gasteiger partial charge in [0.05, 0.1) is 17.4 Å². The van der Waals surface area contributed by atoms with Gasteiger partial charge in [0.15, 0.2) is 0 Å². The average molecular weight is 277 g/mol. The Labute approximate surface area is 117 Å².